The Hall–Kier alpha value is -2.32. The van der Waals surface area contributed by atoms with E-state index in [1.54, 1.807) is 13.0 Å². The van der Waals surface area contributed by atoms with E-state index in [1.807, 2.05) is 57.9 Å². The van der Waals surface area contributed by atoms with E-state index in [-0.39, 0.29) is 11.8 Å². The summed E-state index contributed by atoms with van der Waals surface area (Å²) in [6.07, 6.45) is 3.88. The second kappa shape index (κ2) is 7.74. The van der Waals surface area contributed by atoms with Crippen molar-refractivity contribution in [3.05, 3.63) is 48.3 Å². The van der Waals surface area contributed by atoms with Crippen molar-refractivity contribution in [1.29, 1.82) is 0 Å². The summed E-state index contributed by atoms with van der Waals surface area (Å²) in [5.74, 6) is 1.66. The van der Waals surface area contributed by atoms with Crippen molar-refractivity contribution in [3.63, 3.8) is 0 Å². The zero-order valence-corrected chi connectivity index (χ0v) is 16.6. The molecule has 0 unspecified atom stereocenters. The van der Waals surface area contributed by atoms with Gasteiger partial charge in [0.2, 0.25) is 5.91 Å². The molecule has 1 saturated heterocycles. The molecule has 1 aromatic carbocycles. The fourth-order valence-corrected chi connectivity index (χ4v) is 4.90. The highest BCUT2D eigenvalue weighted by Crippen LogP contribution is 2.26. The molecule has 6 nitrogen and oxygen atoms in total. The highest BCUT2D eigenvalue weighted by atomic mass is 32.2. The number of amides is 2. The fourth-order valence-electron chi connectivity index (χ4n) is 3.03. The number of thioether (sulfide) groups is 1. The van der Waals surface area contributed by atoms with Crippen molar-refractivity contribution in [1.82, 2.24) is 19.8 Å². The number of thiazole rings is 1. The van der Waals surface area contributed by atoms with Gasteiger partial charge in [-0.05, 0) is 37.3 Å². The maximum absolute atomic E-state index is 12.6. The third kappa shape index (κ3) is 3.86. The topological polar surface area (TPSA) is 67.2 Å². The summed E-state index contributed by atoms with van der Waals surface area (Å²) in [5.41, 5.74) is 1.40. The summed E-state index contributed by atoms with van der Waals surface area (Å²) in [7, 11) is 0. The number of rotatable bonds is 4. The lowest BCUT2D eigenvalue weighted by atomic mass is 10.2. The van der Waals surface area contributed by atoms with Crippen molar-refractivity contribution in [2.45, 2.75) is 13.0 Å². The molecule has 1 atom stereocenters. The van der Waals surface area contributed by atoms with Gasteiger partial charge in [-0.25, -0.2) is 4.98 Å². The minimum atomic E-state index is -0.534. The molecule has 27 heavy (non-hydrogen) atoms. The van der Waals surface area contributed by atoms with E-state index >= 15 is 0 Å². The van der Waals surface area contributed by atoms with E-state index in [9.17, 15) is 9.59 Å². The van der Waals surface area contributed by atoms with Crippen LogP contribution in [0.15, 0.2) is 42.7 Å². The van der Waals surface area contributed by atoms with Gasteiger partial charge < -0.3 is 14.8 Å². The normalized spacial score (nSPS) is 15.7. The molecule has 3 heterocycles. The number of nitrogens with zero attached hydrogens (tertiary/aromatic N) is 3. The number of benzene rings is 1. The molecule has 0 radical (unpaired) electrons. The van der Waals surface area contributed by atoms with Crippen LogP contribution in [-0.2, 0) is 4.79 Å². The van der Waals surface area contributed by atoms with E-state index in [4.69, 9.17) is 0 Å². The number of hydrogen-bond acceptors (Lipinski definition) is 5. The number of carbonyl (C=O) groups is 2. The lowest BCUT2D eigenvalue weighted by Gasteiger charge is -2.29. The molecular formula is C19H20N4O2S2. The lowest BCUT2D eigenvalue weighted by molar-refractivity contribution is -0.132. The average molecular weight is 401 g/mol. The second-order valence-electron chi connectivity index (χ2n) is 6.40. The summed E-state index contributed by atoms with van der Waals surface area (Å²) >= 11 is 3.38. The molecule has 1 fully saturated rings. The van der Waals surface area contributed by atoms with E-state index in [0.29, 0.717) is 5.56 Å². The smallest absolute Gasteiger partial charge is 0.251 e. The first kappa shape index (κ1) is 18.1. The number of hydrogen-bond donors (Lipinski definition) is 1. The molecule has 1 N–H and O–H groups in total. The summed E-state index contributed by atoms with van der Waals surface area (Å²) in [5, 5.41) is 3.69. The minimum absolute atomic E-state index is 0.0163. The van der Waals surface area contributed by atoms with Crippen LogP contribution in [0.2, 0.25) is 0 Å². The number of nitrogens with one attached hydrogen (secondary N) is 1. The largest absolute Gasteiger partial charge is 0.341 e. The number of carbonyl (C=O) groups excluding carboxylic acids is 2. The van der Waals surface area contributed by atoms with Gasteiger partial charge in [-0.1, -0.05) is 11.3 Å². The molecule has 1 aliphatic heterocycles. The van der Waals surface area contributed by atoms with Gasteiger partial charge in [-0.15, -0.1) is 0 Å². The molecule has 2 aromatic heterocycles. The second-order valence-corrected chi connectivity index (χ2v) is 8.64. The highest BCUT2D eigenvalue weighted by molar-refractivity contribution is 7.99. The lowest BCUT2D eigenvalue weighted by Crippen LogP contribution is -2.49. The van der Waals surface area contributed by atoms with Crippen LogP contribution in [0.5, 0.6) is 0 Å². The zero-order valence-electron chi connectivity index (χ0n) is 14.9. The maximum atomic E-state index is 12.6. The Morgan fingerprint density at radius 2 is 1.93 bits per heavy atom. The van der Waals surface area contributed by atoms with Crippen LogP contribution < -0.4 is 5.32 Å². The predicted octanol–water partition coefficient (Wildman–Crippen LogP) is 2.78. The van der Waals surface area contributed by atoms with Crippen molar-refractivity contribution >= 4 is 45.1 Å². The first-order valence-corrected chi connectivity index (χ1v) is 10.8. The first-order chi connectivity index (χ1) is 13.1. The molecule has 3 aromatic rings. The van der Waals surface area contributed by atoms with E-state index in [1.165, 1.54) is 11.3 Å². The summed E-state index contributed by atoms with van der Waals surface area (Å²) < 4.78 is 2.89. The molecule has 0 saturated carbocycles. The molecule has 1 aliphatic rings. The van der Waals surface area contributed by atoms with Gasteiger partial charge in [0.1, 0.15) is 6.04 Å². The Morgan fingerprint density at radius 3 is 2.67 bits per heavy atom. The number of fused-ring (bicyclic) bond motifs is 1. The zero-order chi connectivity index (χ0) is 18.8. The van der Waals surface area contributed by atoms with Gasteiger partial charge in [0.15, 0.2) is 5.13 Å². The van der Waals surface area contributed by atoms with Gasteiger partial charge in [-0.3, -0.25) is 9.59 Å². The Balaban J connectivity index is 1.48. The van der Waals surface area contributed by atoms with Crippen molar-refractivity contribution < 1.29 is 9.59 Å². The van der Waals surface area contributed by atoms with Crippen LogP contribution in [0.4, 0.5) is 0 Å². The van der Waals surface area contributed by atoms with Gasteiger partial charge in [0, 0.05) is 42.6 Å². The quantitative estimate of drug-likeness (QED) is 0.731. The molecule has 0 aliphatic carbocycles. The predicted molar refractivity (Wildman–Crippen MR) is 110 cm³/mol. The molecule has 4 rings (SSSR count). The van der Waals surface area contributed by atoms with Crippen LogP contribution >= 0.6 is 23.1 Å². The highest BCUT2D eigenvalue weighted by Gasteiger charge is 2.24. The molecule has 140 valence electrons. The summed E-state index contributed by atoms with van der Waals surface area (Å²) in [6.45, 7) is 3.24. The van der Waals surface area contributed by atoms with Crippen LogP contribution in [0.25, 0.3) is 15.3 Å². The Bertz CT molecular complexity index is 961. The molecule has 0 bridgehead atoms. The van der Waals surface area contributed by atoms with Gasteiger partial charge in [0.25, 0.3) is 5.91 Å². The monoisotopic (exact) mass is 400 g/mol. The third-order valence-electron chi connectivity index (χ3n) is 4.51. The summed E-state index contributed by atoms with van der Waals surface area (Å²) in [6, 6.07) is 8.81. The van der Waals surface area contributed by atoms with Crippen LogP contribution in [0.1, 0.15) is 17.3 Å². The Labute approximate surface area is 165 Å². The van der Waals surface area contributed by atoms with Gasteiger partial charge >= 0.3 is 0 Å². The van der Waals surface area contributed by atoms with Crippen molar-refractivity contribution in [2.24, 2.45) is 0 Å². The molecule has 2 amide bonds. The number of aromatic nitrogens is 2. The van der Waals surface area contributed by atoms with Crippen LogP contribution in [0.3, 0.4) is 0 Å². The standard InChI is InChI=1S/C19H20N4O2S2/c1-13(18(25)22-8-10-26-11-9-22)20-17(24)14-4-5-15-16(12-14)27-19(21-15)23-6-2-3-7-23/h2-7,12-13H,8-11H2,1H3,(H,20,24)/t13-/m1/s1. The molecule has 0 spiro atoms. The van der Waals surface area contributed by atoms with Gasteiger partial charge in [-0.2, -0.15) is 11.8 Å². The third-order valence-corrected chi connectivity index (χ3v) is 6.48. The van der Waals surface area contributed by atoms with E-state index in [0.717, 1.165) is 39.9 Å². The van der Waals surface area contributed by atoms with Crippen molar-refractivity contribution in [3.8, 4) is 5.13 Å². The minimum Gasteiger partial charge on any atom is -0.341 e. The van der Waals surface area contributed by atoms with Gasteiger partial charge in [0.05, 0.1) is 10.2 Å². The average Bonchev–Trinajstić information content (AvgIpc) is 3.36. The van der Waals surface area contributed by atoms with E-state index < -0.39 is 6.04 Å². The maximum Gasteiger partial charge on any atom is 0.251 e. The van der Waals surface area contributed by atoms with E-state index in [2.05, 4.69) is 10.3 Å². The Morgan fingerprint density at radius 1 is 1.19 bits per heavy atom. The SMILES string of the molecule is C[C@@H](NC(=O)c1ccc2nc(-n3cccc3)sc2c1)C(=O)N1CCSCC1. The fraction of sp³-hybridized carbons (Fsp3) is 0.316. The molecule has 8 heteroatoms. The summed E-state index contributed by atoms with van der Waals surface area (Å²) in [4.78, 5) is 31.5. The molecular weight excluding hydrogens is 380 g/mol. The first-order valence-electron chi connectivity index (χ1n) is 8.83. The van der Waals surface area contributed by atoms with Crippen LogP contribution in [-0.4, -0.2) is 56.9 Å². The Kier molecular flexibility index (Phi) is 5.18. The van der Waals surface area contributed by atoms with Crippen molar-refractivity contribution in [2.75, 3.05) is 24.6 Å². The van der Waals surface area contributed by atoms with Crippen LogP contribution in [0, 0.1) is 0 Å².